The van der Waals surface area contributed by atoms with E-state index in [2.05, 4.69) is 41.2 Å². The van der Waals surface area contributed by atoms with Crippen LogP contribution in [0.4, 0.5) is 5.69 Å². The van der Waals surface area contributed by atoms with E-state index in [4.69, 9.17) is 14.2 Å². The van der Waals surface area contributed by atoms with E-state index in [0.29, 0.717) is 41.7 Å². The van der Waals surface area contributed by atoms with E-state index in [1.54, 1.807) is 55.6 Å². The summed E-state index contributed by atoms with van der Waals surface area (Å²) in [5, 5.41) is 2.81. The smallest absolute Gasteiger partial charge is 0.311 e. The van der Waals surface area contributed by atoms with Gasteiger partial charge in [0.1, 0.15) is 17.2 Å². The number of amides is 1. The Labute approximate surface area is 208 Å². The Morgan fingerprint density at radius 1 is 0.941 bits per heavy atom. The summed E-state index contributed by atoms with van der Waals surface area (Å²) in [6.07, 6.45) is 0.751. The van der Waals surface area contributed by atoms with E-state index in [0.717, 1.165) is 10.2 Å². The number of halogens is 1. The molecule has 0 aromatic heterocycles. The summed E-state index contributed by atoms with van der Waals surface area (Å²) in [6.45, 7) is 4.68. The summed E-state index contributed by atoms with van der Waals surface area (Å²) >= 11 is 3.53. The Morgan fingerprint density at radius 2 is 1.62 bits per heavy atom. The predicted molar refractivity (Wildman–Crippen MR) is 136 cm³/mol. The predicted octanol–water partition coefficient (Wildman–Crippen LogP) is 6.60. The molecule has 0 spiro atoms. The van der Waals surface area contributed by atoms with Crippen molar-refractivity contribution in [3.8, 4) is 17.2 Å². The molecule has 0 aliphatic carbocycles. The number of nitrogens with one attached hydrogen (secondary N) is 1. The normalized spacial score (nSPS) is 10.6. The molecule has 178 valence electrons. The Hall–Kier alpha value is -3.32. The van der Waals surface area contributed by atoms with Crippen LogP contribution < -0.4 is 19.5 Å². The third kappa shape index (κ3) is 7.35. The van der Waals surface area contributed by atoms with Gasteiger partial charge in [0.15, 0.2) is 0 Å². The molecule has 0 aliphatic rings. The molecule has 0 heterocycles. The summed E-state index contributed by atoms with van der Waals surface area (Å²) in [4.78, 5) is 24.5. The second-order valence-electron chi connectivity index (χ2n) is 7.98. The van der Waals surface area contributed by atoms with E-state index in [1.165, 1.54) is 5.56 Å². The second-order valence-corrected chi connectivity index (χ2v) is 8.83. The second kappa shape index (κ2) is 12.2. The van der Waals surface area contributed by atoms with Crippen molar-refractivity contribution >= 4 is 33.5 Å². The minimum absolute atomic E-state index is 0.224. The molecular weight excluding hydrogens is 498 g/mol. The molecule has 6 nitrogen and oxygen atoms in total. The molecule has 0 fully saturated rings. The molecule has 0 atom stereocenters. The van der Waals surface area contributed by atoms with Crippen LogP contribution >= 0.6 is 15.9 Å². The van der Waals surface area contributed by atoms with Crippen LogP contribution in [0.3, 0.4) is 0 Å². The molecule has 7 heteroatoms. The highest BCUT2D eigenvalue weighted by Crippen LogP contribution is 2.29. The number of ether oxygens (including phenoxy) is 3. The summed E-state index contributed by atoms with van der Waals surface area (Å²) in [5.41, 5.74) is 2.34. The van der Waals surface area contributed by atoms with Gasteiger partial charge in [-0.25, -0.2) is 0 Å². The number of carbonyl (C=O) groups excluding carboxylic acids is 2. The van der Waals surface area contributed by atoms with Crippen molar-refractivity contribution in [2.24, 2.45) is 0 Å². The summed E-state index contributed by atoms with van der Waals surface area (Å²) in [7, 11) is 1.58. The number of rotatable bonds is 10. The maximum Gasteiger partial charge on any atom is 0.311 e. The first kappa shape index (κ1) is 25.3. The fourth-order valence-corrected chi connectivity index (χ4v) is 3.64. The van der Waals surface area contributed by atoms with Crippen LogP contribution in [0.5, 0.6) is 17.2 Å². The molecule has 0 bridgehead atoms. The van der Waals surface area contributed by atoms with E-state index >= 15 is 0 Å². The number of hydrogen-bond donors (Lipinski definition) is 1. The van der Waals surface area contributed by atoms with Gasteiger partial charge in [0, 0.05) is 17.7 Å². The molecular formula is C27H28BrNO5. The third-order valence-corrected chi connectivity index (χ3v) is 5.72. The van der Waals surface area contributed by atoms with Gasteiger partial charge in [-0.05, 0) is 94.5 Å². The van der Waals surface area contributed by atoms with Crippen LogP contribution in [-0.4, -0.2) is 25.6 Å². The zero-order valence-electron chi connectivity index (χ0n) is 19.5. The number of hydrogen-bond acceptors (Lipinski definition) is 5. The average Bonchev–Trinajstić information content (AvgIpc) is 2.83. The van der Waals surface area contributed by atoms with Crippen molar-refractivity contribution in [3.05, 3.63) is 82.3 Å². The average molecular weight is 526 g/mol. The molecule has 3 aromatic rings. The van der Waals surface area contributed by atoms with Crippen molar-refractivity contribution in [3.63, 3.8) is 0 Å². The Kier molecular flexibility index (Phi) is 9.10. The lowest BCUT2D eigenvalue weighted by Gasteiger charge is -2.11. The molecule has 0 saturated heterocycles. The lowest BCUT2D eigenvalue weighted by molar-refractivity contribution is -0.134. The maximum absolute atomic E-state index is 12.4. The lowest BCUT2D eigenvalue weighted by atomic mass is 10.0. The van der Waals surface area contributed by atoms with Crippen molar-refractivity contribution < 1.29 is 23.8 Å². The maximum atomic E-state index is 12.4. The number of carbonyl (C=O) groups is 2. The van der Waals surface area contributed by atoms with Gasteiger partial charge in [-0.15, -0.1) is 0 Å². The first-order valence-corrected chi connectivity index (χ1v) is 11.8. The van der Waals surface area contributed by atoms with Crippen LogP contribution in [0.15, 0.2) is 71.2 Å². The first-order chi connectivity index (χ1) is 16.4. The zero-order valence-corrected chi connectivity index (χ0v) is 21.1. The number of anilines is 1. The first-order valence-electron chi connectivity index (χ1n) is 11.0. The monoisotopic (exact) mass is 525 g/mol. The Bertz CT molecular complexity index is 1110. The molecule has 1 amide bonds. The molecule has 0 radical (unpaired) electrons. The highest BCUT2D eigenvalue weighted by atomic mass is 79.9. The Balaban J connectivity index is 1.42. The molecule has 1 N–H and O–H groups in total. The molecule has 0 saturated carbocycles. The highest BCUT2D eigenvalue weighted by molar-refractivity contribution is 9.10. The number of esters is 1. The van der Waals surface area contributed by atoms with Gasteiger partial charge in [-0.1, -0.05) is 19.9 Å². The van der Waals surface area contributed by atoms with Crippen LogP contribution in [0, 0.1) is 0 Å². The van der Waals surface area contributed by atoms with Gasteiger partial charge < -0.3 is 19.5 Å². The molecule has 0 aliphatic heterocycles. The van der Waals surface area contributed by atoms with Crippen molar-refractivity contribution in [1.82, 2.24) is 0 Å². The molecule has 0 unspecified atom stereocenters. The topological polar surface area (TPSA) is 73.9 Å². The van der Waals surface area contributed by atoms with Gasteiger partial charge in [0.05, 0.1) is 18.2 Å². The molecule has 3 rings (SSSR count). The number of methoxy groups -OCH3 is 1. The van der Waals surface area contributed by atoms with Crippen LogP contribution in [0.2, 0.25) is 0 Å². The minimum Gasteiger partial charge on any atom is -0.497 e. The largest absolute Gasteiger partial charge is 0.497 e. The lowest BCUT2D eigenvalue weighted by Crippen LogP contribution is -2.12. The van der Waals surface area contributed by atoms with E-state index < -0.39 is 0 Å². The van der Waals surface area contributed by atoms with Crippen LogP contribution in [0.25, 0.3) is 0 Å². The van der Waals surface area contributed by atoms with Gasteiger partial charge in [0.25, 0.3) is 5.91 Å². The van der Waals surface area contributed by atoms with Crippen molar-refractivity contribution in [1.29, 1.82) is 0 Å². The third-order valence-electron chi connectivity index (χ3n) is 5.10. The quantitative estimate of drug-likeness (QED) is 0.183. The summed E-state index contributed by atoms with van der Waals surface area (Å²) in [5.74, 6) is 1.68. The van der Waals surface area contributed by atoms with Crippen LogP contribution in [0.1, 0.15) is 48.5 Å². The summed E-state index contributed by atoms with van der Waals surface area (Å²) in [6, 6.07) is 19.5. The fraction of sp³-hybridized carbons (Fsp3) is 0.259. The van der Waals surface area contributed by atoms with Crippen molar-refractivity contribution in [2.75, 3.05) is 19.0 Å². The van der Waals surface area contributed by atoms with Crippen LogP contribution in [-0.2, 0) is 4.79 Å². The Morgan fingerprint density at radius 3 is 2.24 bits per heavy atom. The van der Waals surface area contributed by atoms with Gasteiger partial charge in [0.2, 0.25) is 0 Å². The van der Waals surface area contributed by atoms with Crippen molar-refractivity contribution in [2.45, 2.75) is 32.6 Å². The minimum atomic E-state index is -0.353. The van der Waals surface area contributed by atoms with Gasteiger partial charge >= 0.3 is 5.97 Å². The zero-order chi connectivity index (χ0) is 24.5. The fourth-order valence-electron chi connectivity index (χ4n) is 3.13. The SMILES string of the molecule is COc1ccc(NC(=O)c2ccc(OC(=O)CCCOc3ccc(C(C)C)cc3Br)cc2)cc1. The van der Waals surface area contributed by atoms with E-state index in [9.17, 15) is 9.59 Å². The molecule has 34 heavy (non-hydrogen) atoms. The number of benzene rings is 3. The summed E-state index contributed by atoms with van der Waals surface area (Å²) < 4.78 is 17.1. The highest BCUT2D eigenvalue weighted by Gasteiger charge is 2.10. The van der Waals surface area contributed by atoms with E-state index in [-0.39, 0.29) is 18.3 Å². The van der Waals surface area contributed by atoms with Gasteiger partial charge in [-0.3, -0.25) is 9.59 Å². The van der Waals surface area contributed by atoms with E-state index in [1.807, 2.05) is 12.1 Å². The molecule has 3 aromatic carbocycles. The van der Waals surface area contributed by atoms with Gasteiger partial charge in [-0.2, -0.15) is 0 Å². The standard InChI is InChI=1S/C27H28BrNO5/c1-18(2)20-8-15-25(24(28)17-20)33-16-4-5-26(30)34-23-11-6-19(7-12-23)27(31)29-21-9-13-22(32-3)14-10-21/h6-15,17-18H,4-5,16H2,1-3H3,(H,29,31).